The minimum absolute atomic E-state index is 0.0307. The van der Waals surface area contributed by atoms with Crippen molar-refractivity contribution in [1.82, 2.24) is 5.32 Å². The molecule has 1 atom stereocenters. The zero-order valence-electron chi connectivity index (χ0n) is 18.0. The third kappa shape index (κ3) is 5.71. The number of halogens is 6. The highest BCUT2D eigenvalue weighted by atomic mass is 35.5. The van der Waals surface area contributed by atoms with Crippen LogP contribution in [0.3, 0.4) is 0 Å². The van der Waals surface area contributed by atoms with Crippen molar-refractivity contribution in [3.63, 3.8) is 0 Å². The van der Waals surface area contributed by atoms with Crippen molar-refractivity contribution in [3.8, 4) is 16.9 Å². The fourth-order valence-electron chi connectivity index (χ4n) is 3.71. The Bertz CT molecular complexity index is 1350. The van der Waals surface area contributed by atoms with E-state index >= 15 is 0 Å². The van der Waals surface area contributed by atoms with Gasteiger partial charge in [0.15, 0.2) is 0 Å². The summed E-state index contributed by atoms with van der Waals surface area (Å²) in [5.74, 6) is -2.36. The minimum Gasteiger partial charge on any atom is -0.485 e. The Morgan fingerprint density at radius 3 is 2.40 bits per heavy atom. The second kappa shape index (κ2) is 9.23. The summed E-state index contributed by atoms with van der Waals surface area (Å²) in [6.07, 6.45) is -4.27. The van der Waals surface area contributed by atoms with E-state index in [1.807, 2.05) is 0 Å². The van der Waals surface area contributed by atoms with E-state index in [9.17, 15) is 30.4 Å². The maximum absolute atomic E-state index is 13.7. The zero-order chi connectivity index (χ0) is 25.6. The standard InChI is InChI=1S/C22H18ClF5N2O3S2/c1-21(4-5-29-11-21)33-18-9-15(2-3-17(18)22(26,27)28)30-35(31,32)20-16(10-19(23)34-20)12-6-13(24)8-14(25)7-12/h2-3,6-10,29-30H,4-5,11H2,1H3/t21-/m1/s1. The molecule has 0 saturated carbocycles. The monoisotopic (exact) mass is 552 g/mol. The summed E-state index contributed by atoms with van der Waals surface area (Å²) in [4.78, 5) is 0. The van der Waals surface area contributed by atoms with E-state index in [0.717, 1.165) is 30.3 Å². The fraction of sp³-hybridized carbons (Fsp3) is 0.273. The summed E-state index contributed by atoms with van der Waals surface area (Å²) in [5, 5.41) is 3.02. The van der Waals surface area contributed by atoms with E-state index in [-0.39, 0.29) is 25.4 Å². The van der Waals surface area contributed by atoms with Crippen LogP contribution in [0, 0.1) is 11.6 Å². The number of hydrogen-bond acceptors (Lipinski definition) is 5. The van der Waals surface area contributed by atoms with Gasteiger partial charge in [0.25, 0.3) is 10.0 Å². The van der Waals surface area contributed by atoms with Crippen molar-refractivity contribution in [2.45, 2.75) is 29.3 Å². The average Bonchev–Trinajstić information content (AvgIpc) is 3.32. The molecule has 2 N–H and O–H groups in total. The van der Waals surface area contributed by atoms with Crippen LogP contribution in [0.4, 0.5) is 27.6 Å². The Labute approximate surface area is 206 Å². The summed E-state index contributed by atoms with van der Waals surface area (Å²) in [7, 11) is -4.41. The molecule has 2 heterocycles. The average molecular weight is 553 g/mol. The van der Waals surface area contributed by atoms with Gasteiger partial charge in [0.05, 0.1) is 15.6 Å². The predicted molar refractivity (Wildman–Crippen MR) is 123 cm³/mol. The predicted octanol–water partition coefficient (Wildman–Crippen LogP) is 6.30. The molecule has 0 radical (unpaired) electrons. The SMILES string of the molecule is C[C@@]1(Oc2cc(NS(=O)(=O)c3sc(Cl)cc3-c3cc(F)cc(F)c3)ccc2C(F)(F)F)CCNC1. The maximum Gasteiger partial charge on any atom is 0.419 e. The van der Waals surface area contributed by atoms with Crippen LogP contribution in [0.1, 0.15) is 18.9 Å². The van der Waals surface area contributed by atoms with E-state index in [2.05, 4.69) is 10.0 Å². The summed E-state index contributed by atoms with van der Waals surface area (Å²) < 4.78 is 102. The van der Waals surface area contributed by atoms with Crippen LogP contribution in [-0.2, 0) is 16.2 Å². The smallest absolute Gasteiger partial charge is 0.419 e. The third-order valence-corrected chi connectivity index (χ3v) is 8.49. The van der Waals surface area contributed by atoms with Gasteiger partial charge in [-0.25, -0.2) is 17.2 Å². The first-order valence-corrected chi connectivity index (χ1v) is 12.8. The molecule has 188 valence electrons. The molecule has 2 aromatic carbocycles. The number of anilines is 1. The highest BCUT2D eigenvalue weighted by Gasteiger charge is 2.38. The Morgan fingerprint density at radius 2 is 1.80 bits per heavy atom. The van der Waals surface area contributed by atoms with Gasteiger partial charge in [0.1, 0.15) is 27.2 Å². The zero-order valence-corrected chi connectivity index (χ0v) is 20.4. The quantitative estimate of drug-likeness (QED) is 0.352. The molecule has 1 fully saturated rings. The van der Waals surface area contributed by atoms with Crippen LogP contribution in [0.15, 0.2) is 46.7 Å². The summed E-state index contributed by atoms with van der Waals surface area (Å²) in [6.45, 7) is 2.54. The van der Waals surface area contributed by atoms with Crippen LogP contribution in [0.2, 0.25) is 4.34 Å². The van der Waals surface area contributed by atoms with E-state index in [4.69, 9.17) is 16.3 Å². The van der Waals surface area contributed by atoms with E-state index < -0.39 is 44.7 Å². The molecule has 4 rings (SSSR count). The Balaban J connectivity index is 1.72. The number of alkyl halides is 3. The molecule has 5 nitrogen and oxygen atoms in total. The van der Waals surface area contributed by atoms with Gasteiger partial charge in [-0.1, -0.05) is 11.6 Å². The highest BCUT2D eigenvalue weighted by molar-refractivity contribution is 7.94. The number of ether oxygens (including phenoxy) is 1. The molecular formula is C22H18ClF5N2O3S2. The first kappa shape index (κ1) is 25.7. The van der Waals surface area contributed by atoms with Crippen LogP contribution < -0.4 is 14.8 Å². The van der Waals surface area contributed by atoms with Crippen molar-refractivity contribution >= 4 is 38.6 Å². The Morgan fingerprint density at radius 1 is 1.11 bits per heavy atom. The van der Waals surface area contributed by atoms with E-state index in [1.54, 1.807) is 6.92 Å². The Hall–Kier alpha value is -2.41. The lowest BCUT2D eigenvalue weighted by atomic mass is 10.1. The number of nitrogens with one attached hydrogen (secondary N) is 2. The third-order valence-electron chi connectivity index (χ3n) is 5.31. The minimum atomic E-state index is -4.73. The normalized spacial score (nSPS) is 18.6. The second-order valence-corrected chi connectivity index (χ2v) is 11.8. The van der Waals surface area contributed by atoms with Crippen LogP contribution in [-0.4, -0.2) is 27.1 Å². The molecule has 1 aromatic heterocycles. The molecule has 0 unspecified atom stereocenters. The van der Waals surface area contributed by atoms with Crippen molar-refractivity contribution in [2.24, 2.45) is 0 Å². The van der Waals surface area contributed by atoms with Gasteiger partial charge < -0.3 is 10.1 Å². The maximum atomic E-state index is 13.7. The molecule has 1 aliphatic heterocycles. The molecule has 0 spiro atoms. The second-order valence-electron chi connectivity index (χ2n) is 8.20. The van der Waals surface area contributed by atoms with Gasteiger partial charge in [0.2, 0.25) is 0 Å². The molecule has 0 bridgehead atoms. The topological polar surface area (TPSA) is 67.4 Å². The molecule has 1 aliphatic rings. The van der Waals surface area contributed by atoms with Crippen molar-refractivity contribution in [2.75, 3.05) is 17.8 Å². The van der Waals surface area contributed by atoms with Gasteiger partial charge in [-0.2, -0.15) is 13.2 Å². The number of benzene rings is 2. The van der Waals surface area contributed by atoms with Gasteiger partial charge in [-0.3, -0.25) is 4.72 Å². The molecular weight excluding hydrogens is 535 g/mol. The number of thiophene rings is 1. The van der Waals surface area contributed by atoms with Crippen LogP contribution >= 0.6 is 22.9 Å². The first-order valence-electron chi connectivity index (χ1n) is 10.2. The summed E-state index contributed by atoms with van der Waals surface area (Å²) in [5.41, 5.74) is -2.28. The molecule has 0 amide bonds. The van der Waals surface area contributed by atoms with Crippen LogP contribution in [0.25, 0.3) is 11.1 Å². The van der Waals surface area contributed by atoms with Gasteiger partial charge in [0, 0.05) is 30.7 Å². The summed E-state index contributed by atoms with van der Waals surface area (Å²) >= 11 is 6.63. The fourth-order valence-corrected chi connectivity index (χ4v) is 6.66. The number of hydrogen-bond donors (Lipinski definition) is 2. The first-order chi connectivity index (χ1) is 16.3. The lowest BCUT2D eigenvalue weighted by molar-refractivity contribution is -0.139. The lowest BCUT2D eigenvalue weighted by Crippen LogP contribution is -2.35. The van der Waals surface area contributed by atoms with Crippen molar-refractivity contribution < 1.29 is 35.1 Å². The molecule has 1 saturated heterocycles. The highest BCUT2D eigenvalue weighted by Crippen LogP contribution is 2.42. The lowest BCUT2D eigenvalue weighted by Gasteiger charge is -2.27. The molecule has 0 aliphatic carbocycles. The summed E-state index contributed by atoms with van der Waals surface area (Å²) in [6, 6.07) is 6.41. The van der Waals surface area contributed by atoms with E-state index in [0.29, 0.717) is 36.9 Å². The molecule has 13 heteroatoms. The van der Waals surface area contributed by atoms with Crippen molar-refractivity contribution in [1.29, 1.82) is 0 Å². The number of sulfonamides is 1. The molecule has 3 aromatic rings. The van der Waals surface area contributed by atoms with Gasteiger partial charge in [-0.15, -0.1) is 11.3 Å². The van der Waals surface area contributed by atoms with Crippen LogP contribution in [0.5, 0.6) is 5.75 Å². The van der Waals surface area contributed by atoms with E-state index in [1.165, 1.54) is 6.07 Å². The van der Waals surface area contributed by atoms with Gasteiger partial charge in [-0.05, 0) is 49.4 Å². The largest absolute Gasteiger partial charge is 0.485 e. The number of rotatable bonds is 6. The van der Waals surface area contributed by atoms with Gasteiger partial charge >= 0.3 is 6.18 Å². The molecule has 35 heavy (non-hydrogen) atoms. The Kier molecular flexibility index (Phi) is 6.77. The van der Waals surface area contributed by atoms with Crippen molar-refractivity contribution in [3.05, 3.63) is 64.0 Å².